The molecule has 0 saturated carbocycles. The molecule has 24 heavy (non-hydrogen) atoms. The summed E-state index contributed by atoms with van der Waals surface area (Å²) >= 11 is 0. The van der Waals surface area contributed by atoms with Crippen LogP contribution in [0.1, 0.15) is 45.7 Å². The van der Waals surface area contributed by atoms with E-state index in [4.69, 9.17) is 0 Å². The van der Waals surface area contributed by atoms with Crippen molar-refractivity contribution in [2.75, 3.05) is 13.1 Å². The zero-order chi connectivity index (χ0) is 16.9. The number of piperidine rings is 1. The molecule has 2 heterocycles. The fourth-order valence-electron chi connectivity index (χ4n) is 2.89. The Morgan fingerprint density at radius 1 is 1.12 bits per heavy atom. The first-order valence-electron chi connectivity index (χ1n) is 8.28. The van der Waals surface area contributed by atoms with Crippen molar-refractivity contribution in [3.8, 4) is 0 Å². The molecular formula is C18H22N4O2. The van der Waals surface area contributed by atoms with E-state index in [0.717, 1.165) is 31.5 Å². The summed E-state index contributed by atoms with van der Waals surface area (Å²) in [6, 6.07) is 7.45. The van der Waals surface area contributed by atoms with Crippen molar-refractivity contribution < 1.29 is 9.59 Å². The summed E-state index contributed by atoms with van der Waals surface area (Å²) in [5.74, 6) is -0.0661. The number of hydrogen-bond donors (Lipinski definition) is 1. The van der Waals surface area contributed by atoms with Gasteiger partial charge in [0.15, 0.2) is 0 Å². The van der Waals surface area contributed by atoms with Gasteiger partial charge in [0.05, 0.1) is 12.5 Å². The lowest BCUT2D eigenvalue weighted by Crippen LogP contribution is -2.35. The van der Waals surface area contributed by atoms with Crippen molar-refractivity contribution in [3.05, 3.63) is 53.6 Å². The Morgan fingerprint density at radius 3 is 2.46 bits per heavy atom. The molecule has 0 bridgehead atoms. The highest BCUT2D eigenvalue weighted by molar-refractivity contribution is 5.94. The third kappa shape index (κ3) is 3.64. The maximum absolute atomic E-state index is 12.4. The number of amides is 2. The van der Waals surface area contributed by atoms with Gasteiger partial charge in [-0.15, -0.1) is 0 Å². The van der Waals surface area contributed by atoms with Crippen molar-refractivity contribution in [1.82, 2.24) is 19.8 Å². The van der Waals surface area contributed by atoms with Crippen LogP contribution in [0.3, 0.4) is 0 Å². The third-order valence-corrected chi connectivity index (χ3v) is 4.35. The summed E-state index contributed by atoms with van der Waals surface area (Å²) in [7, 11) is 1.78. The van der Waals surface area contributed by atoms with Crippen molar-refractivity contribution in [1.29, 1.82) is 0 Å². The molecule has 0 radical (unpaired) electrons. The largest absolute Gasteiger partial charge is 0.347 e. The molecule has 0 unspecified atom stereocenters. The van der Waals surface area contributed by atoms with Crippen LogP contribution in [0.2, 0.25) is 0 Å². The van der Waals surface area contributed by atoms with Crippen LogP contribution >= 0.6 is 0 Å². The maximum Gasteiger partial charge on any atom is 0.269 e. The van der Waals surface area contributed by atoms with Crippen LogP contribution < -0.4 is 5.32 Å². The van der Waals surface area contributed by atoms with E-state index >= 15 is 0 Å². The minimum Gasteiger partial charge on any atom is -0.347 e. The van der Waals surface area contributed by atoms with Crippen molar-refractivity contribution in [3.63, 3.8) is 0 Å². The molecule has 3 rings (SSSR count). The van der Waals surface area contributed by atoms with E-state index < -0.39 is 0 Å². The smallest absolute Gasteiger partial charge is 0.269 e. The number of carbonyl (C=O) groups excluding carboxylic acids is 2. The average molecular weight is 326 g/mol. The average Bonchev–Trinajstić information content (AvgIpc) is 3.06. The van der Waals surface area contributed by atoms with E-state index in [1.807, 2.05) is 29.2 Å². The van der Waals surface area contributed by atoms with Crippen LogP contribution in [0, 0.1) is 0 Å². The lowest BCUT2D eigenvalue weighted by Gasteiger charge is -2.26. The minimum atomic E-state index is -0.163. The van der Waals surface area contributed by atoms with Crippen LogP contribution in [0.15, 0.2) is 36.8 Å². The van der Waals surface area contributed by atoms with E-state index in [0.29, 0.717) is 17.8 Å². The Hall–Kier alpha value is -2.63. The SMILES string of the molecule is Cn1cncc1C(=O)NCc1ccc(C(=O)N2CCCCC2)cc1. The number of aryl methyl sites for hydroxylation is 1. The second-order valence-corrected chi connectivity index (χ2v) is 6.12. The zero-order valence-corrected chi connectivity index (χ0v) is 13.9. The minimum absolute atomic E-state index is 0.0974. The molecule has 0 spiro atoms. The molecule has 1 aliphatic rings. The van der Waals surface area contributed by atoms with E-state index in [1.165, 1.54) is 12.6 Å². The number of imidazole rings is 1. The number of nitrogens with one attached hydrogen (secondary N) is 1. The quantitative estimate of drug-likeness (QED) is 0.934. The fraction of sp³-hybridized carbons (Fsp3) is 0.389. The molecule has 1 saturated heterocycles. The van der Waals surface area contributed by atoms with Crippen LogP contribution in [-0.4, -0.2) is 39.4 Å². The van der Waals surface area contributed by atoms with Gasteiger partial charge in [0.25, 0.3) is 11.8 Å². The van der Waals surface area contributed by atoms with Gasteiger partial charge in [0.2, 0.25) is 0 Å². The Kier molecular flexibility index (Phi) is 4.93. The molecule has 1 N–H and O–H groups in total. The lowest BCUT2D eigenvalue weighted by atomic mass is 10.1. The second-order valence-electron chi connectivity index (χ2n) is 6.12. The molecule has 0 aliphatic carbocycles. The number of rotatable bonds is 4. The van der Waals surface area contributed by atoms with Gasteiger partial charge in [0, 0.05) is 32.2 Å². The van der Waals surface area contributed by atoms with Crippen LogP contribution in [-0.2, 0) is 13.6 Å². The predicted molar refractivity (Wildman–Crippen MR) is 90.6 cm³/mol. The van der Waals surface area contributed by atoms with Gasteiger partial charge in [-0.3, -0.25) is 9.59 Å². The van der Waals surface area contributed by atoms with Crippen LogP contribution in [0.5, 0.6) is 0 Å². The van der Waals surface area contributed by atoms with Crippen molar-refractivity contribution >= 4 is 11.8 Å². The molecule has 1 aromatic carbocycles. The first-order chi connectivity index (χ1) is 11.6. The summed E-state index contributed by atoms with van der Waals surface area (Å²) in [6.07, 6.45) is 6.51. The summed E-state index contributed by atoms with van der Waals surface area (Å²) in [6.45, 7) is 2.12. The number of aromatic nitrogens is 2. The first-order valence-corrected chi connectivity index (χ1v) is 8.28. The summed E-state index contributed by atoms with van der Waals surface area (Å²) < 4.78 is 1.68. The summed E-state index contributed by atoms with van der Waals surface area (Å²) in [5, 5.41) is 2.86. The van der Waals surface area contributed by atoms with E-state index in [1.54, 1.807) is 17.9 Å². The molecular weight excluding hydrogens is 304 g/mol. The maximum atomic E-state index is 12.4. The third-order valence-electron chi connectivity index (χ3n) is 4.35. The normalized spacial score (nSPS) is 14.5. The molecule has 6 heteroatoms. The molecule has 0 atom stereocenters. The van der Waals surface area contributed by atoms with E-state index in [2.05, 4.69) is 10.3 Å². The highest BCUT2D eigenvalue weighted by Gasteiger charge is 2.18. The van der Waals surface area contributed by atoms with Crippen molar-refractivity contribution in [2.24, 2.45) is 7.05 Å². The van der Waals surface area contributed by atoms with Gasteiger partial charge < -0.3 is 14.8 Å². The Bertz CT molecular complexity index is 715. The summed E-state index contributed by atoms with van der Waals surface area (Å²) in [5.41, 5.74) is 2.19. The van der Waals surface area contributed by atoms with Gasteiger partial charge in [0.1, 0.15) is 5.69 Å². The molecule has 2 aromatic rings. The van der Waals surface area contributed by atoms with E-state index in [-0.39, 0.29) is 11.8 Å². The number of hydrogen-bond acceptors (Lipinski definition) is 3. The van der Waals surface area contributed by atoms with Gasteiger partial charge in [-0.1, -0.05) is 12.1 Å². The van der Waals surface area contributed by atoms with E-state index in [9.17, 15) is 9.59 Å². The van der Waals surface area contributed by atoms with Gasteiger partial charge in [-0.05, 0) is 37.0 Å². The molecule has 6 nitrogen and oxygen atoms in total. The van der Waals surface area contributed by atoms with Crippen LogP contribution in [0.4, 0.5) is 0 Å². The highest BCUT2D eigenvalue weighted by Crippen LogP contribution is 2.14. The highest BCUT2D eigenvalue weighted by atomic mass is 16.2. The Morgan fingerprint density at radius 2 is 1.83 bits per heavy atom. The fourth-order valence-corrected chi connectivity index (χ4v) is 2.89. The zero-order valence-electron chi connectivity index (χ0n) is 13.9. The topological polar surface area (TPSA) is 67.2 Å². The first kappa shape index (κ1) is 16.2. The van der Waals surface area contributed by atoms with Gasteiger partial charge >= 0.3 is 0 Å². The number of likely N-dealkylation sites (tertiary alicyclic amines) is 1. The van der Waals surface area contributed by atoms with Crippen molar-refractivity contribution in [2.45, 2.75) is 25.8 Å². The second kappa shape index (κ2) is 7.29. The molecule has 1 aliphatic heterocycles. The number of carbonyl (C=O) groups is 2. The number of benzene rings is 1. The lowest BCUT2D eigenvalue weighted by molar-refractivity contribution is 0.0724. The Balaban J connectivity index is 1.57. The van der Waals surface area contributed by atoms with Gasteiger partial charge in [-0.2, -0.15) is 0 Å². The Labute approximate surface area is 141 Å². The van der Waals surface area contributed by atoms with Gasteiger partial charge in [-0.25, -0.2) is 4.98 Å². The number of nitrogens with zero attached hydrogens (tertiary/aromatic N) is 3. The monoisotopic (exact) mass is 326 g/mol. The standard InChI is InChI=1S/C18H22N4O2/c1-21-13-19-12-16(21)17(23)20-11-14-5-7-15(8-6-14)18(24)22-9-3-2-4-10-22/h5-8,12-13H,2-4,9-11H2,1H3,(H,20,23). The molecule has 2 amide bonds. The van der Waals surface area contributed by atoms with Crippen LogP contribution in [0.25, 0.3) is 0 Å². The molecule has 1 fully saturated rings. The predicted octanol–water partition coefficient (Wildman–Crippen LogP) is 1.98. The summed E-state index contributed by atoms with van der Waals surface area (Å²) in [4.78, 5) is 30.3. The molecule has 1 aromatic heterocycles. The molecule has 126 valence electrons.